The van der Waals surface area contributed by atoms with E-state index in [9.17, 15) is 14.9 Å². The molecular formula is C20H24N2O5. The Bertz CT molecular complexity index is 787. The van der Waals surface area contributed by atoms with Crippen molar-refractivity contribution < 1.29 is 19.2 Å². The van der Waals surface area contributed by atoms with Crippen molar-refractivity contribution in [3.05, 3.63) is 58.1 Å². The molecule has 0 saturated carbocycles. The first kappa shape index (κ1) is 20.2. The maximum Gasteiger partial charge on any atom is 0.296 e. The van der Waals surface area contributed by atoms with E-state index in [1.807, 2.05) is 24.3 Å². The van der Waals surface area contributed by atoms with Gasteiger partial charge in [-0.25, -0.2) is 0 Å². The van der Waals surface area contributed by atoms with Gasteiger partial charge in [0.2, 0.25) is 5.91 Å². The molecule has 0 atom stereocenters. The molecule has 0 spiro atoms. The highest BCUT2D eigenvalue weighted by atomic mass is 16.6. The number of hydrogen-bond acceptors (Lipinski definition) is 5. The Balaban J connectivity index is 1.82. The fourth-order valence-corrected chi connectivity index (χ4v) is 2.48. The van der Waals surface area contributed by atoms with E-state index in [0.717, 1.165) is 5.75 Å². The zero-order valence-electron chi connectivity index (χ0n) is 15.7. The third kappa shape index (κ3) is 5.99. The highest BCUT2D eigenvalue weighted by Crippen LogP contribution is 2.29. The Morgan fingerprint density at radius 2 is 1.81 bits per heavy atom. The van der Waals surface area contributed by atoms with Crippen LogP contribution >= 0.6 is 0 Å². The molecule has 27 heavy (non-hydrogen) atoms. The van der Waals surface area contributed by atoms with Crippen molar-refractivity contribution in [2.45, 2.75) is 32.6 Å². The van der Waals surface area contributed by atoms with Gasteiger partial charge in [0, 0.05) is 6.42 Å². The molecule has 1 N–H and O–H groups in total. The van der Waals surface area contributed by atoms with Crippen LogP contribution in [0.15, 0.2) is 42.5 Å². The molecule has 2 aromatic carbocycles. The topological polar surface area (TPSA) is 90.7 Å². The van der Waals surface area contributed by atoms with E-state index in [1.54, 1.807) is 6.07 Å². The van der Waals surface area contributed by atoms with Crippen molar-refractivity contribution >= 4 is 17.3 Å². The molecule has 0 aliphatic rings. The van der Waals surface area contributed by atoms with Gasteiger partial charge in [-0.2, -0.15) is 0 Å². The summed E-state index contributed by atoms with van der Waals surface area (Å²) in [6.07, 6.45) is 0.703. The van der Waals surface area contributed by atoms with Gasteiger partial charge in [-0.15, -0.1) is 0 Å². The quantitative estimate of drug-likeness (QED) is 0.397. The molecule has 0 aromatic heterocycles. The minimum absolute atomic E-state index is 0.149. The van der Waals surface area contributed by atoms with Gasteiger partial charge in [-0.05, 0) is 42.2 Å². The summed E-state index contributed by atoms with van der Waals surface area (Å²) < 4.78 is 10.6. The molecule has 2 rings (SSSR count). The molecule has 0 aliphatic carbocycles. The van der Waals surface area contributed by atoms with Crippen LogP contribution in [0.2, 0.25) is 0 Å². The number of amides is 1. The summed E-state index contributed by atoms with van der Waals surface area (Å²) >= 11 is 0. The minimum Gasteiger partial charge on any atom is -0.496 e. The number of nitrogens with zero attached hydrogens (tertiary/aromatic N) is 1. The summed E-state index contributed by atoms with van der Waals surface area (Å²) in [6.45, 7) is 4.64. The largest absolute Gasteiger partial charge is 0.496 e. The molecule has 0 radical (unpaired) electrons. The molecule has 0 aliphatic heterocycles. The van der Waals surface area contributed by atoms with Crippen LogP contribution in [0.3, 0.4) is 0 Å². The first-order valence-corrected chi connectivity index (χ1v) is 8.75. The SMILES string of the molecule is COc1ccc(NC(=O)CCCOc2ccc(C(C)C)cc2)c([N+](=O)[O-])c1. The molecule has 0 saturated heterocycles. The second-order valence-corrected chi connectivity index (χ2v) is 6.36. The second kappa shape index (κ2) is 9.56. The maximum absolute atomic E-state index is 12.1. The van der Waals surface area contributed by atoms with Crippen LogP contribution < -0.4 is 14.8 Å². The van der Waals surface area contributed by atoms with E-state index in [4.69, 9.17) is 9.47 Å². The van der Waals surface area contributed by atoms with E-state index >= 15 is 0 Å². The number of ether oxygens (including phenoxy) is 2. The lowest BCUT2D eigenvalue weighted by Crippen LogP contribution is -2.14. The molecule has 0 heterocycles. The van der Waals surface area contributed by atoms with Crippen LogP contribution in [0.4, 0.5) is 11.4 Å². The number of nitrogens with one attached hydrogen (secondary N) is 1. The van der Waals surface area contributed by atoms with Crippen molar-refractivity contribution in [2.75, 3.05) is 19.0 Å². The Hall–Kier alpha value is -3.09. The molecule has 0 unspecified atom stereocenters. The van der Waals surface area contributed by atoms with Crippen LogP contribution in [0.25, 0.3) is 0 Å². The number of benzene rings is 2. The Morgan fingerprint density at radius 3 is 2.41 bits per heavy atom. The van der Waals surface area contributed by atoms with Gasteiger partial charge in [-0.3, -0.25) is 14.9 Å². The summed E-state index contributed by atoms with van der Waals surface area (Å²) in [5.41, 5.74) is 1.18. The second-order valence-electron chi connectivity index (χ2n) is 6.36. The maximum atomic E-state index is 12.1. The van der Waals surface area contributed by atoms with Crippen molar-refractivity contribution in [1.82, 2.24) is 0 Å². The van der Waals surface area contributed by atoms with Crippen molar-refractivity contribution in [3.8, 4) is 11.5 Å². The standard InChI is InChI=1S/C20H24N2O5/c1-14(2)15-6-8-16(9-7-15)27-12-4-5-20(23)21-18-11-10-17(26-3)13-19(18)22(24)25/h6-11,13-14H,4-5,12H2,1-3H3,(H,21,23). The van der Waals surface area contributed by atoms with Gasteiger partial charge in [0.05, 0.1) is 24.7 Å². The number of rotatable bonds is 9. The number of carbonyl (C=O) groups excluding carboxylic acids is 1. The normalized spacial score (nSPS) is 10.5. The lowest BCUT2D eigenvalue weighted by Gasteiger charge is -2.09. The fraction of sp³-hybridized carbons (Fsp3) is 0.350. The Morgan fingerprint density at radius 1 is 1.15 bits per heavy atom. The lowest BCUT2D eigenvalue weighted by atomic mass is 10.0. The molecule has 144 valence electrons. The van der Waals surface area contributed by atoms with Gasteiger partial charge in [0.1, 0.15) is 17.2 Å². The van der Waals surface area contributed by atoms with Crippen molar-refractivity contribution in [2.24, 2.45) is 0 Å². The predicted molar refractivity (Wildman–Crippen MR) is 104 cm³/mol. The van der Waals surface area contributed by atoms with Crippen LogP contribution in [0, 0.1) is 10.1 Å². The van der Waals surface area contributed by atoms with Crippen LogP contribution in [0.1, 0.15) is 38.2 Å². The highest BCUT2D eigenvalue weighted by molar-refractivity contribution is 5.93. The fourth-order valence-electron chi connectivity index (χ4n) is 2.48. The minimum atomic E-state index is -0.554. The van der Waals surface area contributed by atoms with E-state index in [1.165, 1.54) is 24.8 Å². The van der Waals surface area contributed by atoms with E-state index in [0.29, 0.717) is 24.7 Å². The number of carbonyl (C=O) groups is 1. The summed E-state index contributed by atoms with van der Waals surface area (Å²) in [5, 5.41) is 13.7. The van der Waals surface area contributed by atoms with Gasteiger partial charge in [0.15, 0.2) is 0 Å². The monoisotopic (exact) mass is 372 g/mol. The number of hydrogen-bond donors (Lipinski definition) is 1. The summed E-state index contributed by atoms with van der Waals surface area (Å²) in [7, 11) is 1.42. The first-order valence-electron chi connectivity index (χ1n) is 8.75. The molecule has 7 nitrogen and oxygen atoms in total. The van der Waals surface area contributed by atoms with E-state index in [2.05, 4.69) is 19.2 Å². The molecule has 0 fully saturated rings. The third-order valence-electron chi connectivity index (χ3n) is 4.04. The van der Waals surface area contributed by atoms with Crippen LogP contribution in [0.5, 0.6) is 11.5 Å². The van der Waals surface area contributed by atoms with Gasteiger partial charge in [0.25, 0.3) is 5.69 Å². The van der Waals surface area contributed by atoms with Gasteiger partial charge >= 0.3 is 0 Å². The van der Waals surface area contributed by atoms with E-state index in [-0.39, 0.29) is 23.7 Å². The zero-order valence-corrected chi connectivity index (χ0v) is 15.7. The lowest BCUT2D eigenvalue weighted by molar-refractivity contribution is -0.384. The number of anilines is 1. The molecule has 7 heteroatoms. The Kier molecular flexibility index (Phi) is 7.16. The Labute approximate surface area is 158 Å². The summed E-state index contributed by atoms with van der Waals surface area (Å²) in [6, 6.07) is 12.2. The third-order valence-corrected chi connectivity index (χ3v) is 4.04. The highest BCUT2D eigenvalue weighted by Gasteiger charge is 2.17. The molecular weight excluding hydrogens is 348 g/mol. The summed E-state index contributed by atoms with van der Waals surface area (Å²) in [5.74, 6) is 1.27. The van der Waals surface area contributed by atoms with Gasteiger partial charge < -0.3 is 14.8 Å². The first-order chi connectivity index (χ1) is 12.9. The van der Waals surface area contributed by atoms with Gasteiger partial charge in [-0.1, -0.05) is 26.0 Å². The summed E-state index contributed by atoms with van der Waals surface area (Å²) in [4.78, 5) is 22.6. The number of nitro groups is 1. The average molecular weight is 372 g/mol. The average Bonchev–Trinajstić information content (AvgIpc) is 2.65. The van der Waals surface area contributed by atoms with Crippen molar-refractivity contribution in [3.63, 3.8) is 0 Å². The van der Waals surface area contributed by atoms with Crippen molar-refractivity contribution in [1.29, 1.82) is 0 Å². The molecule has 2 aromatic rings. The molecule has 0 bridgehead atoms. The van der Waals surface area contributed by atoms with E-state index < -0.39 is 4.92 Å². The van der Waals surface area contributed by atoms with Crippen LogP contribution in [-0.2, 0) is 4.79 Å². The van der Waals surface area contributed by atoms with Crippen LogP contribution in [-0.4, -0.2) is 24.5 Å². The number of methoxy groups -OCH3 is 1. The number of nitro benzene ring substituents is 1. The zero-order chi connectivity index (χ0) is 19.8. The molecule has 1 amide bonds. The smallest absolute Gasteiger partial charge is 0.296 e. The predicted octanol–water partition coefficient (Wildman–Crippen LogP) is 4.52.